The lowest BCUT2D eigenvalue weighted by Gasteiger charge is -2.12. The number of nitrogen functional groups attached to an aromatic ring is 1. The molecule has 0 heterocycles. The first-order valence-corrected chi connectivity index (χ1v) is 6.71. The Morgan fingerprint density at radius 1 is 1.11 bits per heavy atom. The lowest BCUT2D eigenvalue weighted by Crippen LogP contribution is -2.15. The van der Waals surface area contributed by atoms with Crippen molar-refractivity contribution in [3.8, 4) is 0 Å². The molecule has 0 saturated carbocycles. The smallest absolute Gasteiger partial charge is 0.256 e. The van der Waals surface area contributed by atoms with Crippen molar-refractivity contribution in [3.63, 3.8) is 0 Å². The normalized spacial score (nSPS) is 10.3. The van der Waals surface area contributed by atoms with Gasteiger partial charge in [-0.3, -0.25) is 4.79 Å². The molecule has 0 fully saturated rings. The van der Waals surface area contributed by atoms with Gasteiger partial charge in [0, 0.05) is 21.4 Å². The summed E-state index contributed by atoms with van der Waals surface area (Å²) < 4.78 is 0.967. The van der Waals surface area contributed by atoms with Crippen LogP contribution in [-0.4, -0.2) is 5.91 Å². The van der Waals surface area contributed by atoms with Crippen molar-refractivity contribution >= 4 is 33.2 Å². The molecule has 19 heavy (non-hydrogen) atoms. The van der Waals surface area contributed by atoms with Gasteiger partial charge in [0.2, 0.25) is 0 Å². The zero-order valence-corrected chi connectivity index (χ0v) is 12.4. The summed E-state index contributed by atoms with van der Waals surface area (Å²) in [6.45, 7) is 3.80. The number of rotatable bonds is 2. The van der Waals surface area contributed by atoms with Crippen molar-refractivity contribution in [2.24, 2.45) is 0 Å². The first kappa shape index (κ1) is 13.6. The van der Waals surface area contributed by atoms with Gasteiger partial charge in [-0.2, -0.15) is 0 Å². The van der Waals surface area contributed by atoms with Crippen LogP contribution in [0.4, 0.5) is 11.4 Å². The number of hydrogen-bond acceptors (Lipinski definition) is 2. The highest BCUT2D eigenvalue weighted by atomic mass is 79.9. The number of hydrogen-bond donors (Lipinski definition) is 2. The second kappa shape index (κ2) is 5.45. The largest absolute Gasteiger partial charge is 0.398 e. The Hall–Kier alpha value is -1.81. The molecule has 3 N–H and O–H groups in total. The molecule has 1 amide bonds. The van der Waals surface area contributed by atoms with E-state index in [1.54, 1.807) is 18.2 Å². The molecule has 4 heteroatoms. The quantitative estimate of drug-likeness (QED) is 0.825. The average molecular weight is 319 g/mol. The van der Waals surface area contributed by atoms with Crippen LogP contribution in [0.1, 0.15) is 21.5 Å². The minimum absolute atomic E-state index is 0.147. The van der Waals surface area contributed by atoms with E-state index in [4.69, 9.17) is 5.73 Å². The van der Waals surface area contributed by atoms with Gasteiger partial charge in [-0.1, -0.05) is 28.1 Å². The van der Waals surface area contributed by atoms with Crippen molar-refractivity contribution in [3.05, 3.63) is 57.6 Å². The number of benzene rings is 2. The highest BCUT2D eigenvalue weighted by molar-refractivity contribution is 9.10. The molecule has 0 aromatic heterocycles. The summed E-state index contributed by atoms with van der Waals surface area (Å²) in [6.07, 6.45) is 0. The van der Waals surface area contributed by atoms with Gasteiger partial charge in [0.25, 0.3) is 5.91 Å². The minimum Gasteiger partial charge on any atom is -0.398 e. The number of anilines is 2. The Labute approximate surface area is 121 Å². The number of carbonyl (C=O) groups excluding carboxylic acids is 1. The molecule has 0 atom stereocenters. The second-order valence-corrected chi connectivity index (χ2v) is 5.24. The Morgan fingerprint density at radius 3 is 2.53 bits per heavy atom. The molecule has 0 spiro atoms. The van der Waals surface area contributed by atoms with Gasteiger partial charge in [-0.05, 0) is 49.2 Å². The molecule has 0 bridgehead atoms. The summed E-state index contributed by atoms with van der Waals surface area (Å²) in [6, 6.07) is 11.0. The van der Waals surface area contributed by atoms with Gasteiger partial charge in [0.15, 0.2) is 0 Å². The van der Waals surface area contributed by atoms with E-state index in [0.717, 1.165) is 21.3 Å². The van der Waals surface area contributed by atoms with Crippen molar-refractivity contribution in [2.75, 3.05) is 11.1 Å². The Bertz CT molecular complexity index is 638. The van der Waals surface area contributed by atoms with Crippen LogP contribution in [0.15, 0.2) is 40.9 Å². The van der Waals surface area contributed by atoms with Crippen LogP contribution in [-0.2, 0) is 0 Å². The van der Waals surface area contributed by atoms with Gasteiger partial charge in [-0.15, -0.1) is 0 Å². The molecular formula is C15H15BrN2O. The van der Waals surface area contributed by atoms with E-state index in [2.05, 4.69) is 21.2 Å². The molecular weight excluding hydrogens is 304 g/mol. The second-order valence-electron chi connectivity index (χ2n) is 4.39. The number of nitrogens with one attached hydrogen (secondary N) is 1. The van der Waals surface area contributed by atoms with Crippen molar-refractivity contribution in [2.45, 2.75) is 13.8 Å². The molecule has 0 saturated heterocycles. The highest BCUT2D eigenvalue weighted by Gasteiger charge is 2.12. The predicted octanol–water partition coefficient (Wildman–Crippen LogP) is 3.90. The Kier molecular flexibility index (Phi) is 3.90. The lowest BCUT2D eigenvalue weighted by atomic mass is 10.1. The fraction of sp³-hybridized carbons (Fsp3) is 0.133. The summed E-state index contributed by atoms with van der Waals surface area (Å²) in [5, 5.41) is 2.91. The molecule has 2 aromatic rings. The summed E-state index contributed by atoms with van der Waals surface area (Å²) in [5.41, 5.74) is 9.63. The third-order valence-corrected chi connectivity index (χ3v) is 4.00. The SMILES string of the molecule is Cc1c(Br)cccc1NC(=O)c1cccc(N)c1C. The van der Waals surface area contributed by atoms with Gasteiger partial charge in [0.1, 0.15) is 0 Å². The number of nitrogens with two attached hydrogens (primary N) is 1. The van der Waals surface area contributed by atoms with Gasteiger partial charge < -0.3 is 11.1 Å². The molecule has 3 nitrogen and oxygen atoms in total. The topological polar surface area (TPSA) is 55.1 Å². The van der Waals surface area contributed by atoms with E-state index in [1.807, 2.05) is 32.0 Å². The van der Waals surface area contributed by atoms with Crippen LogP contribution < -0.4 is 11.1 Å². The maximum Gasteiger partial charge on any atom is 0.256 e. The van der Waals surface area contributed by atoms with Crippen LogP contribution in [0.5, 0.6) is 0 Å². The Morgan fingerprint density at radius 2 is 1.79 bits per heavy atom. The van der Waals surface area contributed by atoms with Crippen LogP contribution in [0.3, 0.4) is 0 Å². The van der Waals surface area contributed by atoms with Crippen LogP contribution >= 0.6 is 15.9 Å². The third kappa shape index (κ3) is 2.79. The molecule has 2 aromatic carbocycles. The van der Waals surface area contributed by atoms with E-state index in [0.29, 0.717) is 11.3 Å². The van der Waals surface area contributed by atoms with E-state index in [9.17, 15) is 4.79 Å². The molecule has 0 unspecified atom stereocenters. The monoisotopic (exact) mass is 318 g/mol. The van der Waals surface area contributed by atoms with Crippen molar-refractivity contribution in [1.82, 2.24) is 0 Å². The summed E-state index contributed by atoms with van der Waals surface area (Å²) in [7, 11) is 0. The number of carbonyl (C=O) groups is 1. The summed E-state index contributed by atoms with van der Waals surface area (Å²) in [5.74, 6) is -0.147. The molecule has 0 radical (unpaired) electrons. The van der Waals surface area contributed by atoms with Crippen LogP contribution in [0.25, 0.3) is 0 Å². The van der Waals surface area contributed by atoms with E-state index >= 15 is 0 Å². The molecule has 2 rings (SSSR count). The average Bonchev–Trinajstić information content (AvgIpc) is 2.38. The highest BCUT2D eigenvalue weighted by Crippen LogP contribution is 2.24. The summed E-state index contributed by atoms with van der Waals surface area (Å²) >= 11 is 3.45. The lowest BCUT2D eigenvalue weighted by molar-refractivity contribution is 0.102. The summed E-state index contributed by atoms with van der Waals surface area (Å²) in [4.78, 5) is 12.3. The molecule has 0 aliphatic heterocycles. The first-order valence-electron chi connectivity index (χ1n) is 5.92. The van der Waals surface area contributed by atoms with Crippen molar-refractivity contribution in [1.29, 1.82) is 0 Å². The van der Waals surface area contributed by atoms with E-state index in [1.165, 1.54) is 0 Å². The van der Waals surface area contributed by atoms with E-state index < -0.39 is 0 Å². The predicted molar refractivity (Wildman–Crippen MR) is 82.4 cm³/mol. The fourth-order valence-electron chi connectivity index (χ4n) is 1.83. The van der Waals surface area contributed by atoms with Gasteiger partial charge >= 0.3 is 0 Å². The maximum absolute atomic E-state index is 12.3. The van der Waals surface area contributed by atoms with Crippen LogP contribution in [0, 0.1) is 13.8 Å². The van der Waals surface area contributed by atoms with Crippen LogP contribution in [0.2, 0.25) is 0 Å². The maximum atomic E-state index is 12.3. The third-order valence-electron chi connectivity index (χ3n) is 3.14. The molecule has 0 aliphatic carbocycles. The zero-order chi connectivity index (χ0) is 14.0. The zero-order valence-electron chi connectivity index (χ0n) is 10.8. The van der Waals surface area contributed by atoms with E-state index in [-0.39, 0.29) is 5.91 Å². The Balaban J connectivity index is 2.31. The number of halogens is 1. The molecule has 0 aliphatic rings. The fourth-order valence-corrected chi connectivity index (χ4v) is 2.20. The van der Waals surface area contributed by atoms with Crippen molar-refractivity contribution < 1.29 is 4.79 Å². The minimum atomic E-state index is -0.147. The standard InChI is InChI=1S/C15H15BrN2O/c1-9-11(5-3-7-13(9)17)15(19)18-14-8-4-6-12(16)10(14)2/h3-8H,17H2,1-2H3,(H,18,19). The first-order chi connectivity index (χ1) is 9.00. The molecule has 98 valence electrons. The van der Waals surface area contributed by atoms with Gasteiger partial charge in [-0.25, -0.2) is 0 Å². The number of amides is 1. The van der Waals surface area contributed by atoms with Gasteiger partial charge in [0.05, 0.1) is 0 Å².